The second kappa shape index (κ2) is 11.7. The molecule has 0 radical (unpaired) electrons. The van der Waals surface area contributed by atoms with Crippen LogP contribution >= 0.6 is 0 Å². The van der Waals surface area contributed by atoms with Crippen molar-refractivity contribution in [3.05, 3.63) is 114 Å². The van der Waals surface area contributed by atoms with Gasteiger partial charge >= 0.3 is 0 Å². The summed E-state index contributed by atoms with van der Waals surface area (Å²) in [6, 6.07) is 27.2. The molecular formula is C38H38FN5O4Si. The third-order valence-corrected chi connectivity index (χ3v) is 13.0. The van der Waals surface area contributed by atoms with Crippen molar-refractivity contribution in [3.63, 3.8) is 0 Å². The van der Waals surface area contributed by atoms with E-state index in [1.54, 1.807) is 33.8 Å². The zero-order valence-electron chi connectivity index (χ0n) is 27.7. The number of amides is 2. The van der Waals surface area contributed by atoms with Crippen LogP contribution in [0.2, 0.25) is 18.6 Å². The molecule has 1 fully saturated rings. The first kappa shape index (κ1) is 31.5. The molecule has 1 spiro atoms. The van der Waals surface area contributed by atoms with Crippen LogP contribution in [0.1, 0.15) is 40.5 Å². The van der Waals surface area contributed by atoms with Crippen LogP contribution in [0.25, 0.3) is 10.8 Å². The average Bonchev–Trinajstić information content (AvgIpc) is 3.81. The lowest BCUT2D eigenvalue weighted by Gasteiger charge is -2.31. The molecule has 9 nitrogen and oxygen atoms in total. The predicted octanol–water partition coefficient (Wildman–Crippen LogP) is 6.67. The van der Waals surface area contributed by atoms with Crippen molar-refractivity contribution in [2.75, 3.05) is 16.4 Å². The van der Waals surface area contributed by atoms with E-state index < -0.39 is 31.6 Å². The second-order valence-corrected chi connectivity index (χ2v) is 17.7. The SMILES string of the molecule is C[C@H]1[C@H]([Si](C)(C)F)[C@@H](CCn2cc(CCO)nn2)O[C@]12C(=O)N(Cc1ccc(N3C(=O)c4cccc5cccc3c45)cc1)c1ccccc12. The first-order valence-corrected chi connectivity index (χ1v) is 19.8. The van der Waals surface area contributed by atoms with E-state index in [1.165, 1.54) is 0 Å². The Morgan fingerprint density at radius 3 is 2.45 bits per heavy atom. The number of halogens is 1. The van der Waals surface area contributed by atoms with E-state index in [0.29, 0.717) is 37.2 Å². The lowest BCUT2D eigenvalue weighted by atomic mass is 9.82. The number of fused-ring (bicyclic) bond motifs is 2. The molecule has 5 aromatic rings. The van der Waals surface area contributed by atoms with Gasteiger partial charge in [-0.2, -0.15) is 0 Å². The van der Waals surface area contributed by atoms with Crippen LogP contribution < -0.4 is 9.80 Å². The fourth-order valence-electron chi connectivity index (χ4n) is 8.47. The van der Waals surface area contributed by atoms with Crippen molar-refractivity contribution in [1.29, 1.82) is 0 Å². The minimum absolute atomic E-state index is 0.0138. The Hall–Kier alpha value is -4.71. The van der Waals surface area contributed by atoms with E-state index in [2.05, 4.69) is 10.3 Å². The number of carbonyl (C=O) groups excluding carboxylic acids is 2. The molecule has 4 atom stereocenters. The summed E-state index contributed by atoms with van der Waals surface area (Å²) in [7, 11) is -3.31. The molecule has 250 valence electrons. The number of anilines is 3. The molecule has 1 N–H and O–H groups in total. The van der Waals surface area contributed by atoms with Gasteiger partial charge in [0, 0.05) is 53.9 Å². The van der Waals surface area contributed by atoms with Crippen LogP contribution in [0.4, 0.5) is 21.2 Å². The van der Waals surface area contributed by atoms with E-state index in [0.717, 1.165) is 39.0 Å². The number of hydrogen-bond donors (Lipinski definition) is 1. The van der Waals surface area contributed by atoms with Crippen molar-refractivity contribution in [1.82, 2.24) is 15.0 Å². The minimum atomic E-state index is -3.31. The molecule has 0 unspecified atom stereocenters. The van der Waals surface area contributed by atoms with Crippen molar-refractivity contribution in [3.8, 4) is 0 Å². The third-order valence-electron chi connectivity index (χ3n) is 10.6. The summed E-state index contributed by atoms with van der Waals surface area (Å²) < 4.78 is 24.8. The molecule has 4 heterocycles. The fraction of sp³-hybridized carbons (Fsp3) is 0.316. The van der Waals surface area contributed by atoms with E-state index in [9.17, 15) is 14.7 Å². The summed E-state index contributed by atoms with van der Waals surface area (Å²) in [4.78, 5) is 31.7. The largest absolute Gasteiger partial charge is 0.396 e. The molecule has 3 aliphatic heterocycles. The van der Waals surface area contributed by atoms with Crippen LogP contribution in [0, 0.1) is 5.92 Å². The lowest BCUT2D eigenvalue weighted by Crippen LogP contribution is -2.45. The summed E-state index contributed by atoms with van der Waals surface area (Å²) in [5.74, 6) is -0.634. The normalized spacial score (nSPS) is 23.0. The van der Waals surface area contributed by atoms with Gasteiger partial charge in [-0.1, -0.05) is 66.7 Å². The Bertz CT molecular complexity index is 2090. The van der Waals surface area contributed by atoms with E-state index in [1.807, 2.05) is 91.9 Å². The highest BCUT2D eigenvalue weighted by Gasteiger charge is 2.66. The van der Waals surface area contributed by atoms with Gasteiger partial charge in [0.05, 0.1) is 35.3 Å². The maximum atomic E-state index is 16.2. The number of nitrogens with zero attached hydrogens (tertiary/aromatic N) is 5. The first-order valence-electron chi connectivity index (χ1n) is 16.8. The number of para-hydroxylation sites is 1. The Labute approximate surface area is 285 Å². The van der Waals surface area contributed by atoms with E-state index in [-0.39, 0.29) is 18.4 Å². The van der Waals surface area contributed by atoms with E-state index >= 15 is 4.11 Å². The maximum Gasteiger partial charge on any atom is 0.264 e. The lowest BCUT2D eigenvalue weighted by molar-refractivity contribution is -0.146. The van der Waals surface area contributed by atoms with Crippen LogP contribution in [0.5, 0.6) is 0 Å². The number of rotatable bonds is 9. The molecule has 49 heavy (non-hydrogen) atoms. The molecule has 3 aliphatic rings. The molecule has 1 saturated heterocycles. The minimum Gasteiger partial charge on any atom is -0.396 e. The molecule has 0 aliphatic carbocycles. The Kier molecular flexibility index (Phi) is 7.54. The average molecular weight is 676 g/mol. The quantitative estimate of drug-likeness (QED) is 0.138. The number of ether oxygens (including phenoxy) is 1. The van der Waals surface area contributed by atoms with Gasteiger partial charge in [-0.05, 0) is 60.8 Å². The Morgan fingerprint density at radius 2 is 1.69 bits per heavy atom. The monoisotopic (exact) mass is 675 g/mol. The third kappa shape index (κ3) is 4.93. The highest BCUT2D eigenvalue weighted by atomic mass is 28.4. The van der Waals surface area contributed by atoms with Gasteiger partial charge in [0.2, 0.25) is 8.41 Å². The van der Waals surface area contributed by atoms with Crippen molar-refractivity contribution in [2.45, 2.75) is 63.2 Å². The maximum absolute atomic E-state index is 16.2. The standard InChI is InChI=1S/C38H38FN5O4Si/c1-24-35(49(2,3)39)33(18-20-42-23-27(19-21-45)40-41-42)48-38(24)30-11-4-5-12-31(30)43(37(38)47)22-25-14-16-28(17-15-25)44-32-13-7-9-26-8-6-10-29(34(26)32)36(44)46/h4-17,23-24,33,35,45H,18-22H2,1-3H3/t24-,33+,35-,38+/m0/s1. The molecule has 0 saturated carbocycles. The van der Waals surface area contributed by atoms with Gasteiger partial charge in [0.15, 0.2) is 5.60 Å². The number of benzene rings is 4. The van der Waals surface area contributed by atoms with Crippen LogP contribution in [0.15, 0.2) is 91.1 Å². The zero-order chi connectivity index (χ0) is 34.1. The summed E-state index contributed by atoms with van der Waals surface area (Å²) >= 11 is 0. The Morgan fingerprint density at radius 1 is 0.959 bits per heavy atom. The number of aliphatic hydroxyl groups is 1. The molecule has 0 bridgehead atoms. The second-order valence-electron chi connectivity index (χ2n) is 13.9. The van der Waals surface area contributed by atoms with Gasteiger partial charge in [0.1, 0.15) is 0 Å². The van der Waals surface area contributed by atoms with Crippen molar-refractivity contribution < 1.29 is 23.5 Å². The summed E-state index contributed by atoms with van der Waals surface area (Å²) in [6.45, 7) is 6.11. The molecule has 1 aromatic heterocycles. The van der Waals surface area contributed by atoms with Crippen LogP contribution in [-0.4, -0.2) is 53.0 Å². The smallest absolute Gasteiger partial charge is 0.264 e. The molecule has 11 heteroatoms. The van der Waals surface area contributed by atoms with Gasteiger partial charge in [-0.25, -0.2) is 0 Å². The number of aryl methyl sites for hydroxylation is 1. The molecule has 4 aromatic carbocycles. The number of aromatic nitrogens is 3. The van der Waals surface area contributed by atoms with Crippen LogP contribution in [-0.2, 0) is 34.6 Å². The van der Waals surface area contributed by atoms with E-state index in [4.69, 9.17) is 4.74 Å². The van der Waals surface area contributed by atoms with Gasteiger partial charge in [-0.3, -0.25) is 19.2 Å². The topological polar surface area (TPSA) is 101 Å². The molecule has 2 amide bonds. The number of carbonyl (C=O) groups is 2. The number of aliphatic hydroxyl groups excluding tert-OH is 1. The fourth-order valence-corrected chi connectivity index (χ4v) is 11.0. The first-order chi connectivity index (χ1) is 23.6. The summed E-state index contributed by atoms with van der Waals surface area (Å²) in [5.41, 5.74) is 3.71. The van der Waals surface area contributed by atoms with Gasteiger partial charge in [-0.15, -0.1) is 5.10 Å². The van der Waals surface area contributed by atoms with Gasteiger partial charge < -0.3 is 18.9 Å². The summed E-state index contributed by atoms with van der Waals surface area (Å²) in [6.07, 6.45) is 2.19. The highest BCUT2D eigenvalue weighted by Crippen LogP contribution is 2.60. The zero-order valence-corrected chi connectivity index (χ0v) is 28.7. The molecule has 8 rings (SSSR count). The molecular weight excluding hydrogens is 638 g/mol. The number of hydrogen-bond acceptors (Lipinski definition) is 6. The van der Waals surface area contributed by atoms with Crippen molar-refractivity contribution >= 4 is 48.1 Å². The van der Waals surface area contributed by atoms with Crippen molar-refractivity contribution in [2.24, 2.45) is 5.92 Å². The summed E-state index contributed by atoms with van der Waals surface area (Å²) in [5, 5.41) is 19.5. The van der Waals surface area contributed by atoms with Crippen LogP contribution in [0.3, 0.4) is 0 Å². The predicted molar refractivity (Wildman–Crippen MR) is 188 cm³/mol. The highest BCUT2D eigenvalue weighted by molar-refractivity contribution is 6.72. The Balaban J connectivity index is 1.07. The van der Waals surface area contributed by atoms with Gasteiger partial charge in [0.25, 0.3) is 11.8 Å².